The maximum Gasteiger partial charge on any atom is 0.248 e. The number of aryl methyl sites for hydroxylation is 2. The number of phenols is 1. The fraction of sp³-hybridized carbons (Fsp3) is 0.118. The molecule has 0 fully saturated rings. The van der Waals surface area contributed by atoms with E-state index in [1.165, 1.54) is 11.6 Å². The third-order valence-corrected chi connectivity index (χ3v) is 2.96. The van der Waals surface area contributed by atoms with Gasteiger partial charge in [-0.1, -0.05) is 29.8 Å². The number of benzene rings is 2. The van der Waals surface area contributed by atoms with Crippen LogP contribution in [-0.2, 0) is 4.79 Å². The zero-order valence-corrected chi connectivity index (χ0v) is 11.6. The number of aromatic hydroxyl groups is 1. The van der Waals surface area contributed by atoms with Crippen molar-refractivity contribution in [1.82, 2.24) is 0 Å². The second-order valence-corrected chi connectivity index (χ2v) is 4.73. The van der Waals surface area contributed by atoms with E-state index in [2.05, 4.69) is 5.32 Å². The molecule has 3 nitrogen and oxygen atoms in total. The van der Waals surface area contributed by atoms with Crippen LogP contribution in [-0.4, -0.2) is 11.0 Å². The molecule has 2 aromatic rings. The molecule has 20 heavy (non-hydrogen) atoms. The lowest BCUT2D eigenvalue weighted by atomic mass is 10.1. The van der Waals surface area contributed by atoms with Gasteiger partial charge in [0, 0.05) is 11.8 Å². The van der Waals surface area contributed by atoms with Gasteiger partial charge >= 0.3 is 0 Å². The minimum absolute atomic E-state index is 0.176. The van der Waals surface area contributed by atoms with Crippen LogP contribution in [0.2, 0.25) is 0 Å². The maximum absolute atomic E-state index is 11.8. The van der Waals surface area contributed by atoms with E-state index in [0.29, 0.717) is 0 Å². The Morgan fingerprint density at radius 1 is 1.10 bits per heavy atom. The average molecular weight is 267 g/mol. The van der Waals surface area contributed by atoms with Crippen molar-refractivity contribution in [2.75, 3.05) is 5.32 Å². The summed E-state index contributed by atoms with van der Waals surface area (Å²) in [4.78, 5) is 11.8. The van der Waals surface area contributed by atoms with Gasteiger partial charge in [-0.05, 0) is 49.2 Å². The number of nitrogens with one attached hydrogen (secondary N) is 1. The SMILES string of the molecule is Cc1ccc(NC(=O)/C=C/c2ccc(O)cc2)c(C)c1. The third-order valence-electron chi connectivity index (χ3n) is 2.96. The van der Waals surface area contributed by atoms with Gasteiger partial charge in [0.2, 0.25) is 5.91 Å². The second kappa shape index (κ2) is 6.06. The van der Waals surface area contributed by atoms with E-state index >= 15 is 0 Å². The molecule has 2 rings (SSSR count). The van der Waals surface area contributed by atoms with Gasteiger partial charge in [0.1, 0.15) is 5.75 Å². The van der Waals surface area contributed by atoms with Crippen molar-refractivity contribution < 1.29 is 9.90 Å². The Kier molecular flexibility index (Phi) is 4.20. The van der Waals surface area contributed by atoms with Gasteiger partial charge < -0.3 is 10.4 Å². The highest BCUT2D eigenvalue weighted by Gasteiger charge is 2.01. The Bertz CT molecular complexity index is 643. The Hall–Kier alpha value is -2.55. The normalized spacial score (nSPS) is 10.7. The molecule has 0 saturated carbocycles. The van der Waals surface area contributed by atoms with E-state index in [0.717, 1.165) is 16.8 Å². The van der Waals surface area contributed by atoms with Gasteiger partial charge in [0.15, 0.2) is 0 Å². The molecule has 0 aliphatic heterocycles. The topological polar surface area (TPSA) is 49.3 Å². The van der Waals surface area contributed by atoms with Gasteiger partial charge in [-0.25, -0.2) is 0 Å². The second-order valence-electron chi connectivity index (χ2n) is 4.73. The Morgan fingerprint density at radius 2 is 1.80 bits per heavy atom. The molecule has 102 valence electrons. The summed E-state index contributed by atoms with van der Waals surface area (Å²) in [7, 11) is 0. The minimum atomic E-state index is -0.176. The highest BCUT2D eigenvalue weighted by Crippen LogP contribution is 2.16. The van der Waals surface area contributed by atoms with Crippen molar-refractivity contribution in [2.45, 2.75) is 13.8 Å². The number of hydrogen-bond donors (Lipinski definition) is 2. The summed E-state index contributed by atoms with van der Waals surface area (Å²) >= 11 is 0. The minimum Gasteiger partial charge on any atom is -0.508 e. The van der Waals surface area contributed by atoms with Crippen LogP contribution in [0.15, 0.2) is 48.5 Å². The Morgan fingerprint density at radius 3 is 2.45 bits per heavy atom. The van der Waals surface area contributed by atoms with E-state index in [1.54, 1.807) is 30.3 Å². The predicted molar refractivity (Wildman–Crippen MR) is 81.7 cm³/mol. The molecule has 0 spiro atoms. The van der Waals surface area contributed by atoms with E-state index in [4.69, 9.17) is 0 Å². The highest BCUT2D eigenvalue weighted by molar-refractivity contribution is 6.02. The van der Waals surface area contributed by atoms with Crippen LogP contribution < -0.4 is 5.32 Å². The first-order chi connectivity index (χ1) is 9.54. The van der Waals surface area contributed by atoms with Crippen LogP contribution in [0, 0.1) is 13.8 Å². The number of anilines is 1. The molecule has 0 bridgehead atoms. The quantitative estimate of drug-likeness (QED) is 0.834. The van der Waals surface area contributed by atoms with Crippen LogP contribution >= 0.6 is 0 Å². The number of rotatable bonds is 3. The summed E-state index contributed by atoms with van der Waals surface area (Å²) < 4.78 is 0. The lowest BCUT2D eigenvalue weighted by molar-refractivity contribution is -0.111. The molecular weight excluding hydrogens is 250 g/mol. The first kappa shape index (κ1) is 13.9. The Labute approximate surface area is 118 Å². The molecule has 0 unspecified atom stereocenters. The molecule has 3 heteroatoms. The lowest BCUT2D eigenvalue weighted by Gasteiger charge is -2.07. The average Bonchev–Trinajstić information content (AvgIpc) is 2.41. The number of phenolic OH excluding ortho intramolecular Hbond substituents is 1. The van der Waals surface area contributed by atoms with E-state index < -0.39 is 0 Å². The van der Waals surface area contributed by atoms with Crippen molar-refractivity contribution in [1.29, 1.82) is 0 Å². The lowest BCUT2D eigenvalue weighted by Crippen LogP contribution is -2.08. The molecular formula is C17H17NO2. The number of carbonyl (C=O) groups excluding carboxylic acids is 1. The van der Waals surface area contributed by atoms with Crippen LogP contribution in [0.1, 0.15) is 16.7 Å². The summed E-state index contributed by atoms with van der Waals surface area (Å²) in [6, 6.07) is 12.6. The van der Waals surface area contributed by atoms with Crippen molar-refractivity contribution in [3.8, 4) is 5.75 Å². The molecule has 2 N–H and O–H groups in total. The molecule has 0 saturated heterocycles. The Balaban J connectivity index is 2.03. The van der Waals surface area contributed by atoms with Crippen LogP contribution in [0.4, 0.5) is 5.69 Å². The van der Waals surface area contributed by atoms with Crippen molar-refractivity contribution in [3.05, 3.63) is 65.2 Å². The van der Waals surface area contributed by atoms with Gasteiger partial charge in [0.05, 0.1) is 0 Å². The highest BCUT2D eigenvalue weighted by atomic mass is 16.3. The zero-order chi connectivity index (χ0) is 14.5. The fourth-order valence-electron chi connectivity index (χ4n) is 1.89. The maximum atomic E-state index is 11.8. The predicted octanol–water partition coefficient (Wildman–Crippen LogP) is 3.66. The van der Waals surface area contributed by atoms with Gasteiger partial charge in [-0.2, -0.15) is 0 Å². The zero-order valence-electron chi connectivity index (χ0n) is 11.6. The summed E-state index contributed by atoms with van der Waals surface area (Å²) in [5, 5.41) is 12.0. The van der Waals surface area contributed by atoms with Crippen LogP contribution in [0.5, 0.6) is 5.75 Å². The summed E-state index contributed by atoms with van der Waals surface area (Å²) in [6.07, 6.45) is 3.18. The van der Waals surface area contributed by atoms with E-state index in [-0.39, 0.29) is 11.7 Å². The van der Waals surface area contributed by atoms with Gasteiger partial charge in [0.25, 0.3) is 0 Å². The number of amides is 1. The summed E-state index contributed by atoms with van der Waals surface area (Å²) in [5.74, 6) is 0.0342. The van der Waals surface area contributed by atoms with Gasteiger partial charge in [-0.3, -0.25) is 4.79 Å². The van der Waals surface area contributed by atoms with Gasteiger partial charge in [-0.15, -0.1) is 0 Å². The van der Waals surface area contributed by atoms with E-state index in [9.17, 15) is 9.90 Å². The number of carbonyl (C=O) groups is 1. The molecule has 0 atom stereocenters. The summed E-state index contributed by atoms with van der Waals surface area (Å²) in [6.45, 7) is 3.98. The first-order valence-corrected chi connectivity index (χ1v) is 6.40. The molecule has 0 radical (unpaired) electrons. The van der Waals surface area contributed by atoms with Crippen LogP contribution in [0.25, 0.3) is 6.08 Å². The number of hydrogen-bond acceptors (Lipinski definition) is 2. The molecule has 0 aliphatic carbocycles. The fourth-order valence-corrected chi connectivity index (χ4v) is 1.89. The monoisotopic (exact) mass is 267 g/mol. The standard InChI is InChI=1S/C17H17NO2/c1-12-3-9-16(13(2)11-12)18-17(20)10-6-14-4-7-15(19)8-5-14/h3-11,19H,1-2H3,(H,18,20)/b10-6+. The molecule has 2 aromatic carbocycles. The smallest absolute Gasteiger partial charge is 0.248 e. The third kappa shape index (κ3) is 3.72. The first-order valence-electron chi connectivity index (χ1n) is 6.40. The van der Waals surface area contributed by atoms with E-state index in [1.807, 2.05) is 32.0 Å². The molecule has 1 amide bonds. The molecule has 0 heterocycles. The molecule has 0 aliphatic rings. The summed E-state index contributed by atoms with van der Waals surface area (Å²) in [5.41, 5.74) is 3.88. The van der Waals surface area contributed by atoms with Crippen molar-refractivity contribution in [2.24, 2.45) is 0 Å². The van der Waals surface area contributed by atoms with Crippen molar-refractivity contribution in [3.63, 3.8) is 0 Å². The largest absolute Gasteiger partial charge is 0.508 e. The van der Waals surface area contributed by atoms with Crippen LogP contribution in [0.3, 0.4) is 0 Å². The van der Waals surface area contributed by atoms with Crippen molar-refractivity contribution >= 4 is 17.7 Å². The molecule has 0 aromatic heterocycles.